The van der Waals surface area contributed by atoms with Gasteiger partial charge in [-0.25, -0.2) is 0 Å². The van der Waals surface area contributed by atoms with Crippen molar-refractivity contribution in [1.29, 1.82) is 0 Å². The lowest BCUT2D eigenvalue weighted by Crippen LogP contribution is -2.14. The molecule has 0 aliphatic heterocycles. The van der Waals surface area contributed by atoms with Crippen molar-refractivity contribution in [3.63, 3.8) is 0 Å². The van der Waals surface area contributed by atoms with E-state index in [-0.39, 0.29) is 0 Å². The molecule has 1 aromatic heterocycles. The Morgan fingerprint density at radius 1 is 1.33 bits per heavy atom. The number of rotatable bonds is 3. The van der Waals surface area contributed by atoms with Crippen LogP contribution in [0.3, 0.4) is 0 Å². The summed E-state index contributed by atoms with van der Waals surface area (Å²) in [6.07, 6.45) is 0.532. The van der Waals surface area contributed by atoms with E-state index in [2.05, 4.69) is 5.32 Å². The monoisotopic (exact) mass is 281 g/mol. The van der Waals surface area contributed by atoms with Gasteiger partial charge in [-0.15, -0.1) is 11.3 Å². The lowest BCUT2D eigenvalue weighted by molar-refractivity contribution is 0.624. The van der Waals surface area contributed by atoms with Crippen LogP contribution in [0.4, 0.5) is 5.00 Å². The van der Waals surface area contributed by atoms with Crippen LogP contribution in [0.1, 0.15) is 20.3 Å². The van der Waals surface area contributed by atoms with Crippen LogP contribution in [0.25, 0.3) is 10.1 Å². The average molecular weight is 281 g/mol. The second-order valence-electron chi connectivity index (χ2n) is 4.53. The van der Waals surface area contributed by atoms with Crippen molar-refractivity contribution < 1.29 is 8.42 Å². The molecule has 0 saturated carbocycles. The molecule has 18 heavy (non-hydrogen) atoms. The van der Waals surface area contributed by atoms with E-state index in [0.29, 0.717) is 17.3 Å². The zero-order valence-electron chi connectivity index (χ0n) is 10.3. The first kappa shape index (κ1) is 13.1. The maximum Gasteiger partial charge on any atom is 0.233 e. The van der Waals surface area contributed by atoms with Crippen LogP contribution in [0.5, 0.6) is 0 Å². The van der Waals surface area contributed by atoms with E-state index in [9.17, 15) is 8.42 Å². The van der Waals surface area contributed by atoms with Crippen LogP contribution in [0, 0.1) is 5.92 Å². The van der Waals surface area contributed by atoms with Gasteiger partial charge in [-0.05, 0) is 23.4 Å². The molecule has 96 valence electrons. The Hall–Kier alpha value is -1.33. The topological polar surface area (TPSA) is 46.2 Å². The smallest absolute Gasteiger partial charge is 0.233 e. The summed E-state index contributed by atoms with van der Waals surface area (Å²) in [5, 5.41) is 5.02. The fourth-order valence-electron chi connectivity index (χ4n) is 1.71. The third-order valence-corrected chi connectivity index (χ3v) is 4.19. The molecule has 2 aromatic rings. The molecule has 0 saturated heterocycles. The quantitative estimate of drug-likeness (QED) is 0.877. The van der Waals surface area contributed by atoms with Crippen LogP contribution in [-0.4, -0.2) is 13.4 Å². The molecular formula is C13H15NO2S2. The molecule has 5 heteroatoms. The second kappa shape index (κ2) is 5.54. The van der Waals surface area contributed by atoms with E-state index in [0.717, 1.165) is 15.1 Å². The largest absolute Gasteiger partial charge is 0.338 e. The Balaban J connectivity index is 2.29. The fourth-order valence-corrected chi connectivity index (χ4v) is 3.43. The third-order valence-electron chi connectivity index (χ3n) is 2.48. The van der Waals surface area contributed by atoms with Gasteiger partial charge in [0.25, 0.3) is 0 Å². The van der Waals surface area contributed by atoms with Gasteiger partial charge >= 0.3 is 0 Å². The van der Waals surface area contributed by atoms with E-state index in [1.54, 1.807) is 11.3 Å². The number of hydrogen-bond acceptors (Lipinski definition) is 3. The van der Waals surface area contributed by atoms with Crippen molar-refractivity contribution >= 4 is 41.7 Å². The lowest BCUT2D eigenvalue weighted by Gasteiger charge is -2.06. The summed E-state index contributed by atoms with van der Waals surface area (Å²) in [5.41, 5.74) is 0. The van der Waals surface area contributed by atoms with Crippen LogP contribution in [-0.2, 0) is 10.3 Å². The Morgan fingerprint density at radius 3 is 2.67 bits per heavy atom. The Morgan fingerprint density at radius 2 is 2.06 bits per heavy atom. The van der Waals surface area contributed by atoms with E-state index >= 15 is 0 Å². The van der Waals surface area contributed by atoms with Gasteiger partial charge in [0.05, 0.1) is 5.00 Å². The Bertz CT molecular complexity index is 643. The molecule has 1 aromatic carbocycles. The first-order valence-corrected chi connectivity index (χ1v) is 7.66. The third kappa shape index (κ3) is 3.11. The summed E-state index contributed by atoms with van der Waals surface area (Å²) in [6, 6.07) is 9.98. The van der Waals surface area contributed by atoms with Crippen molar-refractivity contribution in [2.45, 2.75) is 20.3 Å². The maximum atomic E-state index is 11.2. The molecule has 0 radical (unpaired) electrons. The minimum Gasteiger partial charge on any atom is -0.338 e. The van der Waals surface area contributed by atoms with Gasteiger partial charge in [-0.1, -0.05) is 32.0 Å². The molecule has 0 aliphatic rings. The Kier molecular flexibility index (Phi) is 4.04. The van der Waals surface area contributed by atoms with E-state index in [1.165, 1.54) is 0 Å². The van der Waals surface area contributed by atoms with Gasteiger partial charge in [0.2, 0.25) is 10.3 Å². The van der Waals surface area contributed by atoms with Gasteiger partial charge in [-0.3, -0.25) is 0 Å². The van der Waals surface area contributed by atoms with Crippen molar-refractivity contribution in [1.82, 2.24) is 0 Å². The van der Waals surface area contributed by atoms with Crippen LogP contribution in [0.2, 0.25) is 0 Å². The van der Waals surface area contributed by atoms with E-state index in [4.69, 9.17) is 0 Å². The highest BCUT2D eigenvalue weighted by molar-refractivity contribution is 7.73. The minimum absolute atomic E-state index is 0.305. The molecule has 0 amide bonds. The summed E-state index contributed by atoms with van der Waals surface area (Å²) in [5.74, 6) is 0.305. The molecule has 0 bridgehead atoms. The first-order chi connectivity index (χ1) is 8.56. The minimum atomic E-state index is -2.18. The van der Waals surface area contributed by atoms with Crippen LogP contribution in [0.15, 0.2) is 30.3 Å². The second-order valence-corrected chi connectivity index (χ2v) is 6.58. The zero-order chi connectivity index (χ0) is 13.1. The molecule has 0 atom stereocenters. The molecule has 0 aliphatic carbocycles. The van der Waals surface area contributed by atoms with Crippen LogP contribution >= 0.6 is 11.3 Å². The predicted molar refractivity (Wildman–Crippen MR) is 78.8 cm³/mol. The number of benzene rings is 1. The molecule has 3 nitrogen and oxygen atoms in total. The molecule has 0 fully saturated rings. The highest BCUT2D eigenvalue weighted by Gasteiger charge is 2.08. The number of thiophene rings is 1. The van der Waals surface area contributed by atoms with Gasteiger partial charge < -0.3 is 5.32 Å². The molecular weight excluding hydrogens is 266 g/mol. The summed E-state index contributed by atoms with van der Waals surface area (Å²) >= 11 is 1.56. The highest BCUT2D eigenvalue weighted by Crippen LogP contribution is 2.29. The molecule has 0 unspecified atom stereocenters. The van der Waals surface area contributed by atoms with E-state index < -0.39 is 10.3 Å². The average Bonchev–Trinajstić information content (AvgIpc) is 2.69. The van der Waals surface area contributed by atoms with Gasteiger partial charge in [0.1, 0.15) is 4.99 Å². The van der Waals surface area contributed by atoms with Gasteiger partial charge in [-0.2, -0.15) is 8.42 Å². The standard InChI is InChI=1S/C13H15NO2S2/c1-9(2)7-13(18(15)16)14-12-8-10-5-3-4-6-11(10)17-12/h3-6,8-9,14H,7H2,1-2H3. The number of fused-ring (bicyclic) bond motifs is 1. The van der Waals surface area contributed by atoms with Crippen molar-refractivity contribution in [2.75, 3.05) is 5.32 Å². The Labute approximate surface area is 112 Å². The molecule has 0 spiro atoms. The number of hydrogen-bond donors (Lipinski definition) is 1. The van der Waals surface area contributed by atoms with Crippen molar-refractivity contribution in [3.8, 4) is 0 Å². The highest BCUT2D eigenvalue weighted by atomic mass is 32.2. The summed E-state index contributed by atoms with van der Waals surface area (Å²) in [4.78, 5) is 0.358. The normalized spacial score (nSPS) is 10.8. The van der Waals surface area contributed by atoms with E-state index in [1.807, 2.05) is 44.2 Å². The first-order valence-electron chi connectivity index (χ1n) is 5.77. The molecule has 1 heterocycles. The summed E-state index contributed by atoms with van der Waals surface area (Å²) in [7, 11) is -2.18. The fraction of sp³-hybridized carbons (Fsp3) is 0.308. The predicted octanol–water partition coefficient (Wildman–Crippen LogP) is 3.37. The summed E-state index contributed by atoms with van der Waals surface area (Å²) in [6.45, 7) is 4.00. The van der Waals surface area contributed by atoms with Gasteiger partial charge in [0, 0.05) is 11.1 Å². The SMILES string of the molecule is CC(C)CC(Nc1cc2ccccc2s1)=S(=O)=O. The van der Waals surface area contributed by atoms with Crippen LogP contribution < -0.4 is 5.32 Å². The van der Waals surface area contributed by atoms with Crippen molar-refractivity contribution in [3.05, 3.63) is 30.3 Å². The lowest BCUT2D eigenvalue weighted by atomic mass is 10.1. The zero-order valence-corrected chi connectivity index (χ0v) is 11.9. The number of anilines is 1. The number of nitrogens with one attached hydrogen (secondary N) is 1. The maximum absolute atomic E-state index is 11.2. The molecule has 2 rings (SSSR count). The van der Waals surface area contributed by atoms with Gasteiger partial charge in [0.15, 0.2) is 0 Å². The summed E-state index contributed by atoms with van der Waals surface area (Å²) < 4.78 is 23.5. The molecule has 1 N–H and O–H groups in total. The van der Waals surface area contributed by atoms with Crippen molar-refractivity contribution in [2.24, 2.45) is 5.92 Å².